The van der Waals surface area contributed by atoms with Crippen LogP contribution < -0.4 is 9.05 Å². The van der Waals surface area contributed by atoms with Gasteiger partial charge in [0.15, 0.2) is 0 Å². The van der Waals surface area contributed by atoms with Gasteiger partial charge in [-0.2, -0.15) is 0 Å². The zero-order valence-corrected chi connectivity index (χ0v) is 25.1. The minimum atomic E-state index is -2.66. The molecule has 0 spiro atoms. The molecule has 5 heteroatoms. The van der Waals surface area contributed by atoms with E-state index in [0.29, 0.717) is 0 Å². The maximum Gasteiger partial charge on any atom is 0.348 e. The summed E-state index contributed by atoms with van der Waals surface area (Å²) < 4.78 is 13.1. The molecule has 3 rings (SSSR count). The molecule has 0 atom stereocenters. The second-order valence-electron chi connectivity index (χ2n) is 9.61. The molecule has 3 aromatic carbocycles. The van der Waals surface area contributed by atoms with Gasteiger partial charge < -0.3 is 9.05 Å². The first-order valence-corrected chi connectivity index (χ1v) is 18.2. The first kappa shape index (κ1) is 29.8. The topological polar surface area (TPSA) is 18.5 Å². The van der Waals surface area contributed by atoms with Crippen LogP contribution in [0.2, 0.25) is 0 Å². The molecule has 0 heterocycles. The summed E-state index contributed by atoms with van der Waals surface area (Å²) in [6, 6.07) is 27.4. The molecule has 0 fully saturated rings. The third-order valence-electron chi connectivity index (χ3n) is 6.35. The smallest absolute Gasteiger partial charge is 0.348 e. The van der Waals surface area contributed by atoms with Gasteiger partial charge in [0.1, 0.15) is 11.5 Å². The lowest BCUT2D eigenvalue weighted by Gasteiger charge is -2.23. The van der Waals surface area contributed by atoms with Gasteiger partial charge in [-0.3, -0.25) is 0 Å². The van der Waals surface area contributed by atoms with Crippen molar-refractivity contribution in [2.45, 2.75) is 84.5 Å². The van der Waals surface area contributed by atoms with Crippen LogP contribution in [0.5, 0.6) is 11.5 Å². The summed E-state index contributed by atoms with van der Waals surface area (Å²) in [5, 5.41) is 0. The van der Waals surface area contributed by atoms with Crippen molar-refractivity contribution in [2.75, 3.05) is 5.75 Å². The van der Waals surface area contributed by atoms with Crippen LogP contribution in [0.4, 0.5) is 0 Å². The molecular formula is C32H43O2PS2. The van der Waals surface area contributed by atoms with Gasteiger partial charge >= 0.3 is 5.69 Å². The highest BCUT2D eigenvalue weighted by Gasteiger charge is 2.24. The summed E-state index contributed by atoms with van der Waals surface area (Å²) in [5.74, 6) is 2.49. The predicted molar refractivity (Wildman–Crippen MR) is 167 cm³/mol. The fourth-order valence-electron chi connectivity index (χ4n) is 4.28. The van der Waals surface area contributed by atoms with Gasteiger partial charge in [0, 0.05) is 5.75 Å². The Bertz CT molecular complexity index is 1030. The Balaban J connectivity index is 1.70. The van der Waals surface area contributed by atoms with Gasteiger partial charge in [-0.15, -0.1) is 0 Å². The standard InChI is InChI=1S/C32H43O2PS2/c1-3-5-7-10-18-29-20-14-22-31(26-29)33-35(36,37-25-24-28-16-12-9-13-17-28)34-32-23-15-21-30(27-32)19-11-8-6-4-2/h9,12-17,20-23,26-27H,3-8,10-11,18-19,24-25H2,1-2H3. The molecule has 0 saturated carbocycles. The Morgan fingerprint density at radius 2 is 1.11 bits per heavy atom. The summed E-state index contributed by atoms with van der Waals surface area (Å²) in [6.07, 6.45) is 13.1. The Kier molecular flexibility index (Phi) is 13.7. The highest BCUT2D eigenvalue weighted by Crippen LogP contribution is 2.60. The van der Waals surface area contributed by atoms with Crippen molar-refractivity contribution < 1.29 is 9.05 Å². The van der Waals surface area contributed by atoms with Crippen molar-refractivity contribution in [3.63, 3.8) is 0 Å². The molecule has 0 bridgehead atoms. The van der Waals surface area contributed by atoms with Crippen LogP contribution in [0.25, 0.3) is 0 Å². The maximum absolute atomic E-state index is 6.53. The highest BCUT2D eigenvalue weighted by atomic mass is 32.9. The summed E-state index contributed by atoms with van der Waals surface area (Å²) in [6.45, 7) is 4.50. The molecule has 0 aliphatic rings. The van der Waals surface area contributed by atoms with Crippen molar-refractivity contribution in [3.8, 4) is 11.5 Å². The quantitative estimate of drug-likeness (QED) is 0.115. The van der Waals surface area contributed by atoms with Gasteiger partial charge in [0.2, 0.25) is 0 Å². The van der Waals surface area contributed by atoms with E-state index >= 15 is 0 Å². The molecule has 0 amide bonds. The molecule has 0 aliphatic carbocycles. The molecule has 0 unspecified atom stereocenters. The molecule has 0 saturated heterocycles. The van der Waals surface area contributed by atoms with Crippen LogP contribution in [0.15, 0.2) is 78.9 Å². The van der Waals surface area contributed by atoms with Crippen LogP contribution >= 0.6 is 17.1 Å². The van der Waals surface area contributed by atoms with E-state index in [1.54, 1.807) is 11.4 Å². The fraction of sp³-hybridized carbons (Fsp3) is 0.438. The largest absolute Gasteiger partial charge is 0.428 e. The van der Waals surface area contributed by atoms with Gasteiger partial charge in [-0.25, -0.2) is 0 Å². The Labute approximate surface area is 234 Å². The van der Waals surface area contributed by atoms with E-state index in [4.69, 9.17) is 20.9 Å². The minimum Gasteiger partial charge on any atom is -0.428 e. The minimum absolute atomic E-state index is 0.819. The summed E-state index contributed by atoms with van der Waals surface area (Å²) in [7, 11) is 0. The van der Waals surface area contributed by atoms with E-state index in [1.807, 2.05) is 12.1 Å². The summed E-state index contributed by atoms with van der Waals surface area (Å²) in [4.78, 5) is 0. The molecule has 37 heavy (non-hydrogen) atoms. The molecule has 0 N–H and O–H groups in total. The number of hydrogen-bond donors (Lipinski definition) is 0. The van der Waals surface area contributed by atoms with Crippen LogP contribution in [-0.2, 0) is 31.1 Å². The highest BCUT2D eigenvalue weighted by molar-refractivity contribution is 8.68. The third-order valence-corrected chi connectivity index (χ3v) is 11.3. The van der Waals surface area contributed by atoms with Crippen LogP contribution in [0.3, 0.4) is 0 Å². The van der Waals surface area contributed by atoms with E-state index in [-0.39, 0.29) is 0 Å². The van der Waals surface area contributed by atoms with Crippen molar-refractivity contribution in [3.05, 3.63) is 95.6 Å². The zero-order chi connectivity index (χ0) is 26.2. The molecule has 0 aliphatic heterocycles. The lowest BCUT2D eigenvalue weighted by Crippen LogP contribution is -2.01. The maximum atomic E-state index is 6.53. The van der Waals surface area contributed by atoms with E-state index in [1.165, 1.54) is 68.1 Å². The summed E-state index contributed by atoms with van der Waals surface area (Å²) in [5.41, 5.74) is 1.25. The van der Waals surface area contributed by atoms with Crippen molar-refractivity contribution >= 4 is 28.9 Å². The Hall–Kier alpha value is -1.74. The van der Waals surface area contributed by atoms with E-state index in [0.717, 1.165) is 36.5 Å². The molecule has 0 radical (unpaired) electrons. The van der Waals surface area contributed by atoms with Gasteiger partial charge in [-0.05, 0) is 96.2 Å². The monoisotopic (exact) mass is 554 g/mol. The Morgan fingerprint density at radius 1 is 0.595 bits per heavy atom. The lowest BCUT2D eigenvalue weighted by atomic mass is 10.1. The van der Waals surface area contributed by atoms with Gasteiger partial charge in [0.05, 0.1) is 0 Å². The van der Waals surface area contributed by atoms with Gasteiger partial charge in [0.25, 0.3) is 0 Å². The molecule has 0 aromatic heterocycles. The van der Waals surface area contributed by atoms with Crippen LogP contribution in [0, 0.1) is 0 Å². The van der Waals surface area contributed by atoms with E-state index in [9.17, 15) is 0 Å². The zero-order valence-electron chi connectivity index (χ0n) is 22.6. The average Bonchev–Trinajstić information content (AvgIpc) is 2.90. The predicted octanol–water partition coefficient (Wildman–Crippen LogP) is 10.6. The molecule has 3 aromatic rings. The number of hydrogen-bond acceptors (Lipinski definition) is 4. The van der Waals surface area contributed by atoms with Crippen molar-refractivity contribution in [1.29, 1.82) is 0 Å². The number of unbranched alkanes of at least 4 members (excludes halogenated alkanes) is 6. The normalized spacial score (nSPS) is 11.4. The SMILES string of the molecule is CCCCCCc1cccc(OP(=S)(Oc2cccc(CCCCCC)c2)SCCc2ccccc2)c1. The van der Waals surface area contributed by atoms with E-state index < -0.39 is 5.69 Å². The molecule has 200 valence electrons. The second-order valence-corrected chi connectivity index (χ2v) is 15.9. The number of rotatable bonds is 18. The lowest BCUT2D eigenvalue weighted by molar-refractivity contribution is 0.505. The first-order valence-electron chi connectivity index (χ1n) is 14.0. The van der Waals surface area contributed by atoms with E-state index in [2.05, 4.69) is 80.6 Å². The second kappa shape index (κ2) is 17.0. The van der Waals surface area contributed by atoms with Crippen LogP contribution in [-0.4, -0.2) is 5.75 Å². The average molecular weight is 555 g/mol. The first-order chi connectivity index (χ1) is 18.1. The summed E-state index contributed by atoms with van der Waals surface area (Å²) >= 11 is 7.79. The molecular weight excluding hydrogens is 511 g/mol. The fourth-order valence-corrected chi connectivity index (χ4v) is 8.68. The van der Waals surface area contributed by atoms with Crippen LogP contribution in [0.1, 0.15) is 81.9 Å². The molecule has 2 nitrogen and oxygen atoms in total. The third kappa shape index (κ3) is 11.7. The van der Waals surface area contributed by atoms with Gasteiger partial charge in [-0.1, -0.05) is 107 Å². The Morgan fingerprint density at radius 3 is 1.62 bits per heavy atom. The van der Waals surface area contributed by atoms with Crippen molar-refractivity contribution in [1.82, 2.24) is 0 Å². The number of aryl methyl sites for hydroxylation is 3. The van der Waals surface area contributed by atoms with Crippen molar-refractivity contribution in [2.24, 2.45) is 0 Å². The number of benzene rings is 3.